The minimum Gasteiger partial charge on any atom is -0.496 e. The van der Waals surface area contributed by atoms with Crippen LogP contribution in [0.4, 0.5) is 5.82 Å². The number of carboxylic acid groups (broad SMARTS) is 1. The molecule has 2 aromatic carbocycles. The highest BCUT2D eigenvalue weighted by Gasteiger charge is 2.30. The topological polar surface area (TPSA) is 110 Å². The van der Waals surface area contributed by atoms with Gasteiger partial charge in [0.2, 0.25) is 0 Å². The van der Waals surface area contributed by atoms with Crippen LogP contribution in [0.25, 0.3) is 22.6 Å². The number of aryl methyl sites for hydroxylation is 1. The summed E-state index contributed by atoms with van der Waals surface area (Å²) < 4.78 is 7.21. The highest BCUT2D eigenvalue weighted by Crippen LogP contribution is 2.35. The first-order chi connectivity index (χ1) is 17.3. The molecule has 0 fully saturated rings. The van der Waals surface area contributed by atoms with Crippen molar-refractivity contribution in [2.75, 3.05) is 12.0 Å². The Hall–Kier alpha value is -4.53. The number of nitrogens with zero attached hydrogens (tertiary/aromatic N) is 5. The molecule has 1 aliphatic heterocycles. The predicted molar refractivity (Wildman–Crippen MR) is 134 cm³/mol. The van der Waals surface area contributed by atoms with Crippen LogP contribution in [0.1, 0.15) is 51.7 Å². The van der Waals surface area contributed by atoms with Crippen LogP contribution in [-0.4, -0.2) is 43.8 Å². The van der Waals surface area contributed by atoms with Crippen molar-refractivity contribution in [3.63, 3.8) is 0 Å². The smallest absolute Gasteiger partial charge is 0.339 e. The lowest BCUT2D eigenvalue weighted by Crippen LogP contribution is -2.24. The maximum Gasteiger partial charge on any atom is 0.339 e. The lowest BCUT2D eigenvalue weighted by atomic mass is 9.96. The Balaban J connectivity index is 1.49. The molecule has 0 unspecified atom stereocenters. The molecule has 0 aliphatic carbocycles. The molecule has 1 N–H and O–H groups in total. The van der Waals surface area contributed by atoms with Crippen molar-refractivity contribution in [1.29, 1.82) is 0 Å². The Morgan fingerprint density at radius 2 is 1.92 bits per heavy atom. The van der Waals surface area contributed by atoms with Crippen LogP contribution in [0.15, 0.2) is 54.9 Å². The zero-order chi connectivity index (χ0) is 25.6. The van der Waals surface area contributed by atoms with E-state index in [9.17, 15) is 14.7 Å². The predicted octanol–water partition coefficient (Wildman–Crippen LogP) is 4.76. The number of fused-ring (bicyclic) bond motifs is 1. The zero-order valence-electron chi connectivity index (χ0n) is 20.4. The largest absolute Gasteiger partial charge is 0.496 e. The maximum absolute atomic E-state index is 13.4. The molecule has 3 heterocycles. The Bertz CT molecular complexity index is 1510. The van der Waals surface area contributed by atoms with Crippen LogP contribution < -0.4 is 9.64 Å². The van der Waals surface area contributed by atoms with E-state index in [-0.39, 0.29) is 17.5 Å². The number of hydrogen-bond acceptors (Lipinski definition) is 6. The molecule has 0 spiro atoms. The molecule has 2 aromatic heterocycles. The van der Waals surface area contributed by atoms with Gasteiger partial charge in [-0.1, -0.05) is 18.2 Å². The number of aromatic carboxylic acids is 1. The van der Waals surface area contributed by atoms with Crippen LogP contribution in [0, 0.1) is 6.92 Å². The molecule has 0 atom stereocenters. The average Bonchev–Trinajstić information content (AvgIpc) is 3.49. The number of benzene rings is 2. The number of rotatable bonds is 6. The number of carbonyl (C=O) groups is 2. The molecule has 9 nitrogen and oxygen atoms in total. The van der Waals surface area contributed by atoms with Crippen LogP contribution in [0.2, 0.25) is 0 Å². The number of methoxy groups -OCH3 is 1. The molecule has 0 saturated carbocycles. The minimum absolute atomic E-state index is 0.0798. The third-order valence-electron chi connectivity index (χ3n) is 6.33. The van der Waals surface area contributed by atoms with Gasteiger partial charge in [-0.05, 0) is 73.4 Å². The van der Waals surface area contributed by atoms with E-state index in [4.69, 9.17) is 9.72 Å². The quantitative estimate of drug-likeness (QED) is 0.421. The van der Waals surface area contributed by atoms with Crippen molar-refractivity contribution in [2.45, 2.75) is 33.4 Å². The molecular formula is C27H25N5O4. The molecule has 1 amide bonds. The summed E-state index contributed by atoms with van der Waals surface area (Å²) in [7, 11) is 1.45. The summed E-state index contributed by atoms with van der Waals surface area (Å²) in [6, 6.07) is 14.7. The fourth-order valence-electron chi connectivity index (χ4n) is 4.54. The molecule has 0 saturated heterocycles. The highest BCUT2D eigenvalue weighted by molar-refractivity contribution is 6.10. The van der Waals surface area contributed by atoms with E-state index in [1.807, 2.05) is 54.8 Å². The molecule has 5 rings (SSSR count). The van der Waals surface area contributed by atoms with E-state index >= 15 is 0 Å². The standard InChI is InChI=1S/C27H25N5O4/c1-15(2)32-14-28-30-25(32)22-6-5-7-23(29-22)31-13-18-9-8-17(11-20(18)26(31)33)19-10-16(3)24(36-4)21(12-19)27(34)35/h5-12,14-15H,13H2,1-4H3,(H,34,35). The third-order valence-corrected chi connectivity index (χ3v) is 6.33. The number of anilines is 1. The van der Waals surface area contributed by atoms with E-state index in [0.717, 1.165) is 11.1 Å². The average molecular weight is 484 g/mol. The lowest BCUT2D eigenvalue weighted by molar-refractivity contribution is 0.0693. The first kappa shape index (κ1) is 23.2. The number of hydrogen-bond donors (Lipinski definition) is 1. The fraction of sp³-hybridized carbons (Fsp3) is 0.222. The number of pyridine rings is 1. The molecule has 4 aromatic rings. The van der Waals surface area contributed by atoms with Gasteiger partial charge in [0.25, 0.3) is 5.91 Å². The Labute approximate surface area is 208 Å². The third kappa shape index (κ3) is 3.88. The minimum atomic E-state index is -1.07. The van der Waals surface area contributed by atoms with Crippen LogP contribution in [0.3, 0.4) is 0 Å². The molecule has 0 bridgehead atoms. The Kier molecular flexibility index (Phi) is 5.75. The second-order valence-electron chi connectivity index (χ2n) is 8.98. The van der Waals surface area contributed by atoms with Gasteiger partial charge in [-0.2, -0.15) is 0 Å². The van der Waals surface area contributed by atoms with Crippen molar-refractivity contribution in [2.24, 2.45) is 0 Å². The highest BCUT2D eigenvalue weighted by atomic mass is 16.5. The van der Waals surface area contributed by atoms with E-state index in [1.165, 1.54) is 7.11 Å². The van der Waals surface area contributed by atoms with Gasteiger partial charge in [-0.3, -0.25) is 9.69 Å². The van der Waals surface area contributed by atoms with E-state index in [2.05, 4.69) is 10.2 Å². The first-order valence-corrected chi connectivity index (χ1v) is 11.5. The molecular weight excluding hydrogens is 458 g/mol. The summed E-state index contributed by atoms with van der Waals surface area (Å²) in [5.74, 6) is 0.267. The number of ether oxygens (including phenoxy) is 1. The second kappa shape index (κ2) is 8.92. The lowest BCUT2D eigenvalue weighted by Gasteiger charge is -2.16. The summed E-state index contributed by atoms with van der Waals surface area (Å²) >= 11 is 0. The van der Waals surface area contributed by atoms with Crippen LogP contribution in [-0.2, 0) is 6.54 Å². The molecule has 36 heavy (non-hydrogen) atoms. The molecule has 182 valence electrons. The molecule has 1 aliphatic rings. The maximum atomic E-state index is 13.4. The van der Waals surface area contributed by atoms with Gasteiger partial charge in [-0.25, -0.2) is 9.78 Å². The number of aromatic nitrogens is 4. The van der Waals surface area contributed by atoms with Crippen molar-refractivity contribution in [3.05, 3.63) is 77.1 Å². The van der Waals surface area contributed by atoms with E-state index < -0.39 is 5.97 Å². The monoisotopic (exact) mass is 483 g/mol. The first-order valence-electron chi connectivity index (χ1n) is 11.5. The van der Waals surface area contributed by atoms with Gasteiger partial charge in [-0.15, -0.1) is 10.2 Å². The van der Waals surface area contributed by atoms with Crippen molar-refractivity contribution in [3.8, 4) is 28.4 Å². The van der Waals surface area contributed by atoms with E-state index in [0.29, 0.717) is 46.3 Å². The van der Waals surface area contributed by atoms with Crippen molar-refractivity contribution >= 4 is 17.7 Å². The summed E-state index contributed by atoms with van der Waals surface area (Å²) in [4.78, 5) is 31.6. The van der Waals surface area contributed by atoms with Gasteiger partial charge in [0.05, 0.1) is 13.7 Å². The molecule has 0 radical (unpaired) electrons. The molecule has 9 heteroatoms. The van der Waals surface area contributed by atoms with Gasteiger partial charge >= 0.3 is 5.97 Å². The Morgan fingerprint density at radius 3 is 2.64 bits per heavy atom. The second-order valence-corrected chi connectivity index (χ2v) is 8.98. The normalized spacial score (nSPS) is 12.8. The van der Waals surface area contributed by atoms with Crippen molar-refractivity contribution < 1.29 is 19.4 Å². The van der Waals surface area contributed by atoms with E-state index in [1.54, 1.807) is 30.3 Å². The fourth-order valence-corrected chi connectivity index (χ4v) is 4.54. The van der Waals surface area contributed by atoms with Gasteiger partial charge in [0.15, 0.2) is 5.82 Å². The Morgan fingerprint density at radius 1 is 1.11 bits per heavy atom. The van der Waals surface area contributed by atoms with Crippen LogP contribution in [0.5, 0.6) is 5.75 Å². The van der Waals surface area contributed by atoms with Crippen molar-refractivity contribution in [1.82, 2.24) is 19.7 Å². The SMILES string of the molecule is COc1c(C)cc(-c2ccc3c(c2)C(=O)N(c2cccc(-c4nncn4C(C)C)n2)C3)cc1C(=O)O. The number of carbonyl (C=O) groups excluding carboxylic acids is 1. The summed E-state index contributed by atoms with van der Waals surface area (Å²) in [5.41, 5.74) is 4.32. The van der Waals surface area contributed by atoms with Gasteiger partial charge < -0.3 is 14.4 Å². The van der Waals surface area contributed by atoms with Gasteiger partial charge in [0.1, 0.15) is 29.2 Å². The van der Waals surface area contributed by atoms with Crippen LogP contribution >= 0.6 is 0 Å². The number of amides is 1. The number of carboxylic acids is 1. The zero-order valence-corrected chi connectivity index (χ0v) is 20.4. The summed E-state index contributed by atoms with van der Waals surface area (Å²) in [6.07, 6.45) is 1.67. The summed E-state index contributed by atoms with van der Waals surface area (Å²) in [5, 5.41) is 17.9. The van der Waals surface area contributed by atoms with Gasteiger partial charge in [0, 0.05) is 11.6 Å². The summed E-state index contributed by atoms with van der Waals surface area (Å²) in [6.45, 7) is 6.27.